The van der Waals surface area contributed by atoms with Crippen LogP contribution in [0.25, 0.3) is 0 Å². The Labute approximate surface area is 64.0 Å². The van der Waals surface area contributed by atoms with Crippen LogP contribution in [0.15, 0.2) is 0 Å². The average Bonchev–Trinajstić information content (AvgIpc) is 1.88. The molecule has 0 radical (unpaired) electrons. The molecular weight excluding hydrogens is 126 g/mol. The van der Waals surface area contributed by atoms with Gasteiger partial charge in [0.25, 0.3) is 0 Å². The molecule has 0 fully saturated rings. The maximum absolute atomic E-state index is 10.4. The van der Waals surface area contributed by atoms with Gasteiger partial charge in [-0.3, -0.25) is 4.79 Å². The van der Waals surface area contributed by atoms with Crippen molar-refractivity contribution in [3.05, 3.63) is 0 Å². The Hall–Kier alpha value is -0.530. The van der Waals surface area contributed by atoms with Gasteiger partial charge in [-0.1, -0.05) is 34.1 Å². The molecule has 0 saturated heterocycles. The van der Waals surface area contributed by atoms with Gasteiger partial charge >= 0.3 is 0 Å². The van der Waals surface area contributed by atoms with Gasteiger partial charge in [-0.25, -0.2) is 0 Å². The van der Waals surface area contributed by atoms with Gasteiger partial charge in [-0.2, -0.15) is 0 Å². The third kappa shape index (κ3) is 10.5. The Balaban J connectivity index is 0. The van der Waals surface area contributed by atoms with Crippen LogP contribution in [0.5, 0.6) is 0 Å². The van der Waals surface area contributed by atoms with Crippen molar-refractivity contribution in [2.24, 2.45) is 5.92 Å². The van der Waals surface area contributed by atoms with Crippen LogP contribution >= 0.6 is 0 Å². The van der Waals surface area contributed by atoms with Crippen LogP contribution in [0.1, 0.15) is 34.1 Å². The zero-order valence-corrected chi connectivity index (χ0v) is 7.69. The fraction of sp³-hybridized carbons (Fsp3) is 0.875. The van der Waals surface area contributed by atoms with E-state index in [1.54, 1.807) is 7.05 Å². The Morgan fingerprint density at radius 2 is 1.70 bits per heavy atom. The second kappa shape index (κ2) is 8.47. The molecule has 1 N–H and O–H groups in total. The summed E-state index contributed by atoms with van der Waals surface area (Å²) in [6.07, 6.45) is 1.25. The van der Waals surface area contributed by atoms with Crippen molar-refractivity contribution in [3.8, 4) is 0 Å². The Bertz CT molecular complexity index is 79.3. The Morgan fingerprint density at radius 1 is 1.40 bits per heavy atom. The zero-order valence-electron chi connectivity index (χ0n) is 7.69. The molecular formula is C8H19NO. The topological polar surface area (TPSA) is 29.1 Å². The molecule has 0 heterocycles. The maximum atomic E-state index is 10.4. The first-order valence-corrected chi connectivity index (χ1v) is 3.81. The van der Waals surface area contributed by atoms with E-state index >= 15 is 0 Å². The minimum Gasteiger partial charge on any atom is -0.359 e. The number of rotatable bonds is 1. The molecule has 10 heavy (non-hydrogen) atoms. The van der Waals surface area contributed by atoms with Crippen LogP contribution in [0.2, 0.25) is 0 Å². The first-order chi connectivity index (χ1) is 4.59. The summed E-state index contributed by atoms with van der Waals surface area (Å²) in [5, 5.41) is 2.53. The monoisotopic (exact) mass is 145 g/mol. The van der Waals surface area contributed by atoms with Crippen LogP contribution in [-0.4, -0.2) is 13.0 Å². The summed E-state index contributed by atoms with van der Waals surface area (Å²) in [7, 11) is 1.64. The first kappa shape index (κ1) is 12.2. The lowest BCUT2D eigenvalue weighted by atomic mass is 10.2. The molecule has 0 spiro atoms. The molecule has 2 nitrogen and oxygen atoms in total. The SMILES string of the molecule is CCC.CNC(=O)C(C)C. The smallest absolute Gasteiger partial charge is 0.222 e. The van der Waals surface area contributed by atoms with Crippen molar-refractivity contribution < 1.29 is 4.79 Å². The summed E-state index contributed by atoms with van der Waals surface area (Å²) < 4.78 is 0. The number of nitrogens with one attached hydrogen (secondary N) is 1. The van der Waals surface area contributed by atoms with Crippen LogP contribution in [-0.2, 0) is 4.79 Å². The second-order valence-electron chi connectivity index (χ2n) is 2.48. The predicted molar refractivity (Wildman–Crippen MR) is 44.9 cm³/mol. The van der Waals surface area contributed by atoms with Crippen LogP contribution in [0, 0.1) is 5.92 Å². The van der Waals surface area contributed by atoms with E-state index in [9.17, 15) is 4.79 Å². The highest BCUT2D eigenvalue weighted by Gasteiger charge is 2.00. The molecule has 2 heteroatoms. The number of carbonyl (C=O) groups is 1. The van der Waals surface area contributed by atoms with Gasteiger partial charge in [0.1, 0.15) is 0 Å². The fourth-order valence-electron chi connectivity index (χ4n) is 0.289. The minimum absolute atomic E-state index is 0.0972. The van der Waals surface area contributed by atoms with Gasteiger partial charge in [0.2, 0.25) is 5.91 Å². The van der Waals surface area contributed by atoms with Crippen LogP contribution in [0.4, 0.5) is 0 Å². The van der Waals surface area contributed by atoms with E-state index in [0.29, 0.717) is 0 Å². The third-order valence-corrected chi connectivity index (χ3v) is 0.771. The zero-order chi connectivity index (χ0) is 8.57. The van der Waals surface area contributed by atoms with E-state index in [1.165, 1.54) is 6.42 Å². The quantitative estimate of drug-likeness (QED) is 0.599. The highest BCUT2D eigenvalue weighted by molar-refractivity contribution is 5.77. The van der Waals surface area contributed by atoms with E-state index in [0.717, 1.165) is 0 Å². The van der Waals surface area contributed by atoms with Crippen molar-refractivity contribution in [3.63, 3.8) is 0 Å². The summed E-state index contributed by atoms with van der Waals surface area (Å²) in [5.41, 5.74) is 0. The lowest BCUT2D eigenvalue weighted by Gasteiger charge is -1.98. The summed E-state index contributed by atoms with van der Waals surface area (Å²) in [4.78, 5) is 10.4. The van der Waals surface area contributed by atoms with Crippen molar-refractivity contribution in [1.82, 2.24) is 5.32 Å². The number of hydrogen-bond acceptors (Lipinski definition) is 1. The molecule has 0 aliphatic rings. The minimum atomic E-state index is 0.0972. The molecule has 62 valence electrons. The molecule has 1 amide bonds. The summed E-state index contributed by atoms with van der Waals surface area (Å²) in [6.45, 7) is 7.97. The molecule has 0 bridgehead atoms. The lowest BCUT2D eigenvalue weighted by molar-refractivity contribution is -0.123. The largest absolute Gasteiger partial charge is 0.359 e. The van der Waals surface area contributed by atoms with Gasteiger partial charge in [-0.05, 0) is 0 Å². The van der Waals surface area contributed by atoms with E-state index < -0.39 is 0 Å². The van der Waals surface area contributed by atoms with Gasteiger partial charge in [0.05, 0.1) is 0 Å². The molecule has 0 aromatic heterocycles. The number of amides is 1. The summed E-state index contributed by atoms with van der Waals surface area (Å²) in [6, 6.07) is 0. The molecule has 0 saturated carbocycles. The predicted octanol–water partition coefficient (Wildman–Crippen LogP) is 1.80. The van der Waals surface area contributed by atoms with Gasteiger partial charge in [0.15, 0.2) is 0 Å². The molecule has 0 aromatic carbocycles. The molecule has 0 aliphatic carbocycles. The molecule has 0 aromatic rings. The number of hydrogen-bond donors (Lipinski definition) is 1. The van der Waals surface area contributed by atoms with Crippen LogP contribution in [0.3, 0.4) is 0 Å². The van der Waals surface area contributed by atoms with Gasteiger partial charge in [-0.15, -0.1) is 0 Å². The molecule has 0 unspecified atom stereocenters. The number of carbonyl (C=O) groups excluding carboxylic acids is 1. The maximum Gasteiger partial charge on any atom is 0.222 e. The summed E-state index contributed by atoms with van der Waals surface area (Å²) in [5.74, 6) is 0.213. The van der Waals surface area contributed by atoms with Crippen molar-refractivity contribution in [1.29, 1.82) is 0 Å². The highest BCUT2D eigenvalue weighted by atomic mass is 16.1. The Kier molecular flexibility index (Phi) is 10.3. The van der Waals surface area contributed by atoms with E-state index in [1.807, 2.05) is 13.8 Å². The second-order valence-corrected chi connectivity index (χ2v) is 2.48. The van der Waals surface area contributed by atoms with Crippen LogP contribution < -0.4 is 5.32 Å². The molecule has 0 rings (SSSR count). The highest BCUT2D eigenvalue weighted by Crippen LogP contribution is 1.87. The Morgan fingerprint density at radius 3 is 1.70 bits per heavy atom. The van der Waals surface area contributed by atoms with Gasteiger partial charge in [0, 0.05) is 13.0 Å². The lowest BCUT2D eigenvalue weighted by Crippen LogP contribution is -2.22. The van der Waals surface area contributed by atoms with Crippen molar-refractivity contribution in [2.45, 2.75) is 34.1 Å². The first-order valence-electron chi connectivity index (χ1n) is 3.81. The van der Waals surface area contributed by atoms with E-state index in [4.69, 9.17) is 0 Å². The van der Waals surface area contributed by atoms with E-state index in [-0.39, 0.29) is 11.8 Å². The van der Waals surface area contributed by atoms with E-state index in [2.05, 4.69) is 19.2 Å². The molecule has 0 aliphatic heterocycles. The standard InChI is InChI=1S/C5H11NO.C3H8/c1-4(2)5(7)6-3;1-3-2/h4H,1-3H3,(H,6,7);3H2,1-2H3. The average molecular weight is 145 g/mol. The summed E-state index contributed by atoms with van der Waals surface area (Å²) >= 11 is 0. The molecule has 0 atom stereocenters. The van der Waals surface area contributed by atoms with Crippen molar-refractivity contribution >= 4 is 5.91 Å². The van der Waals surface area contributed by atoms with Gasteiger partial charge < -0.3 is 5.32 Å². The normalized spacial score (nSPS) is 8.20. The fourth-order valence-corrected chi connectivity index (χ4v) is 0.289. The third-order valence-electron chi connectivity index (χ3n) is 0.771. The van der Waals surface area contributed by atoms with Crippen molar-refractivity contribution in [2.75, 3.05) is 7.05 Å².